The lowest BCUT2D eigenvalue weighted by atomic mass is 10.00. The highest BCUT2D eigenvalue weighted by molar-refractivity contribution is 5.44. The molecule has 7 heteroatoms. The standard InChI is InChI=1S/C26H28F3NO3/c1-18(15-30-16-23(31)21-9-6-10-22(13-21)26(27,28)29)20-11-12-24(25(14-20)32-2)33-17-19-7-4-3-5-8-19/h3-14,18,23,30-31H,15-17H2,1-2H3. The highest BCUT2D eigenvalue weighted by atomic mass is 19.4. The van der Waals surface area contributed by atoms with Gasteiger partial charge >= 0.3 is 6.18 Å². The van der Waals surface area contributed by atoms with Gasteiger partial charge in [-0.05, 0) is 46.9 Å². The summed E-state index contributed by atoms with van der Waals surface area (Å²) in [6.45, 7) is 3.12. The van der Waals surface area contributed by atoms with E-state index in [0.29, 0.717) is 24.7 Å². The van der Waals surface area contributed by atoms with E-state index in [1.807, 2.05) is 55.5 Å². The van der Waals surface area contributed by atoms with Crippen molar-refractivity contribution in [1.29, 1.82) is 0 Å². The minimum atomic E-state index is -4.44. The van der Waals surface area contributed by atoms with E-state index in [4.69, 9.17) is 9.47 Å². The van der Waals surface area contributed by atoms with Gasteiger partial charge in [-0.2, -0.15) is 13.2 Å². The predicted octanol–water partition coefficient (Wildman–Crippen LogP) is 5.72. The van der Waals surface area contributed by atoms with Gasteiger partial charge in [-0.3, -0.25) is 0 Å². The third kappa shape index (κ3) is 6.97. The number of aliphatic hydroxyl groups excluding tert-OH is 1. The molecular formula is C26H28F3NO3. The van der Waals surface area contributed by atoms with Crippen LogP contribution in [0.2, 0.25) is 0 Å². The molecule has 0 amide bonds. The molecule has 0 heterocycles. The van der Waals surface area contributed by atoms with Crippen molar-refractivity contribution < 1.29 is 27.8 Å². The third-order valence-electron chi connectivity index (χ3n) is 5.38. The average Bonchev–Trinajstić information content (AvgIpc) is 2.82. The molecule has 0 bridgehead atoms. The quantitative estimate of drug-likeness (QED) is 0.407. The zero-order chi connectivity index (χ0) is 23.8. The zero-order valence-electron chi connectivity index (χ0n) is 18.6. The Balaban J connectivity index is 1.55. The van der Waals surface area contributed by atoms with Gasteiger partial charge in [-0.15, -0.1) is 0 Å². The summed E-state index contributed by atoms with van der Waals surface area (Å²) < 4.78 is 50.0. The Hall–Kier alpha value is -3.03. The normalized spacial score (nSPS) is 13.4. The monoisotopic (exact) mass is 459 g/mol. The summed E-state index contributed by atoms with van der Waals surface area (Å²) in [4.78, 5) is 0. The molecule has 0 aliphatic heterocycles. The topological polar surface area (TPSA) is 50.7 Å². The van der Waals surface area contributed by atoms with Crippen molar-refractivity contribution in [3.05, 3.63) is 95.1 Å². The van der Waals surface area contributed by atoms with Crippen molar-refractivity contribution in [3.63, 3.8) is 0 Å². The number of methoxy groups -OCH3 is 1. The van der Waals surface area contributed by atoms with Crippen LogP contribution in [0.5, 0.6) is 11.5 Å². The maximum Gasteiger partial charge on any atom is 0.416 e. The zero-order valence-corrected chi connectivity index (χ0v) is 18.6. The van der Waals surface area contributed by atoms with E-state index in [-0.39, 0.29) is 18.0 Å². The summed E-state index contributed by atoms with van der Waals surface area (Å²) in [7, 11) is 1.59. The van der Waals surface area contributed by atoms with Gasteiger partial charge < -0.3 is 19.9 Å². The third-order valence-corrected chi connectivity index (χ3v) is 5.38. The Morgan fingerprint density at radius 2 is 1.64 bits per heavy atom. The predicted molar refractivity (Wildman–Crippen MR) is 121 cm³/mol. The average molecular weight is 460 g/mol. The molecule has 4 nitrogen and oxygen atoms in total. The lowest BCUT2D eigenvalue weighted by Gasteiger charge is -2.18. The maximum atomic E-state index is 12.9. The molecule has 0 aliphatic rings. The summed E-state index contributed by atoms with van der Waals surface area (Å²) in [5, 5.41) is 13.4. The van der Waals surface area contributed by atoms with Crippen LogP contribution in [0.1, 0.15) is 41.2 Å². The van der Waals surface area contributed by atoms with Crippen LogP contribution in [0, 0.1) is 0 Å². The SMILES string of the molecule is COc1cc(C(C)CNCC(O)c2cccc(C(F)(F)F)c2)ccc1OCc1ccccc1. The smallest absolute Gasteiger partial charge is 0.416 e. The summed E-state index contributed by atoms with van der Waals surface area (Å²) in [5.74, 6) is 1.35. The van der Waals surface area contributed by atoms with Crippen molar-refractivity contribution in [2.45, 2.75) is 31.7 Å². The van der Waals surface area contributed by atoms with Crippen molar-refractivity contribution in [2.75, 3.05) is 20.2 Å². The first kappa shape index (κ1) is 24.6. The minimum absolute atomic E-state index is 0.0794. The number of hydrogen-bond acceptors (Lipinski definition) is 4. The van der Waals surface area contributed by atoms with E-state index >= 15 is 0 Å². The minimum Gasteiger partial charge on any atom is -0.493 e. The molecule has 0 aliphatic carbocycles. The number of nitrogens with one attached hydrogen (secondary N) is 1. The fourth-order valence-electron chi connectivity index (χ4n) is 3.44. The van der Waals surface area contributed by atoms with Gasteiger partial charge in [0.25, 0.3) is 0 Å². The fraction of sp³-hybridized carbons (Fsp3) is 0.308. The van der Waals surface area contributed by atoms with Crippen molar-refractivity contribution in [3.8, 4) is 11.5 Å². The molecule has 3 aromatic carbocycles. The fourth-order valence-corrected chi connectivity index (χ4v) is 3.44. The van der Waals surface area contributed by atoms with Gasteiger partial charge in [0.2, 0.25) is 0 Å². The van der Waals surface area contributed by atoms with Gasteiger partial charge in [0.05, 0.1) is 18.8 Å². The summed E-state index contributed by atoms with van der Waals surface area (Å²) in [6, 6.07) is 20.3. The molecule has 3 rings (SSSR count). The van der Waals surface area contributed by atoms with E-state index in [1.54, 1.807) is 7.11 Å². The van der Waals surface area contributed by atoms with Crippen LogP contribution in [0.15, 0.2) is 72.8 Å². The molecule has 2 N–H and O–H groups in total. The van der Waals surface area contributed by atoms with Gasteiger partial charge in [-0.1, -0.05) is 55.5 Å². The van der Waals surface area contributed by atoms with Crippen molar-refractivity contribution in [2.24, 2.45) is 0 Å². The van der Waals surface area contributed by atoms with E-state index in [9.17, 15) is 18.3 Å². The molecule has 0 fully saturated rings. The van der Waals surface area contributed by atoms with Crippen LogP contribution in [-0.4, -0.2) is 25.3 Å². The molecular weight excluding hydrogens is 431 g/mol. The maximum absolute atomic E-state index is 12.9. The largest absolute Gasteiger partial charge is 0.493 e. The Morgan fingerprint density at radius 3 is 2.33 bits per heavy atom. The summed E-state index contributed by atoms with van der Waals surface area (Å²) >= 11 is 0. The first-order valence-electron chi connectivity index (χ1n) is 10.7. The molecule has 176 valence electrons. The first-order chi connectivity index (χ1) is 15.8. The highest BCUT2D eigenvalue weighted by Crippen LogP contribution is 2.32. The first-order valence-corrected chi connectivity index (χ1v) is 10.7. The van der Waals surface area contributed by atoms with E-state index in [0.717, 1.165) is 23.3 Å². The number of ether oxygens (including phenoxy) is 2. The molecule has 0 spiro atoms. The summed E-state index contributed by atoms with van der Waals surface area (Å²) in [5.41, 5.74) is 1.53. The van der Waals surface area contributed by atoms with Crippen LogP contribution in [0.3, 0.4) is 0 Å². The van der Waals surface area contributed by atoms with E-state index in [1.165, 1.54) is 12.1 Å². The number of benzene rings is 3. The Labute approximate surface area is 192 Å². The van der Waals surface area contributed by atoms with Crippen molar-refractivity contribution in [1.82, 2.24) is 5.32 Å². The molecule has 0 saturated heterocycles. The lowest BCUT2D eigenvalue weighted by Crippen LogP contribution is -2.25. The summed E-state index contributed by atoms with van der Waals surface area (Å²) in [6.07, 6.45) is -5.48. The Morgan fingerprint density at radius 1 is 0.879 bits per heavy atom. The van der Waals surface area contributed by atoms with Gasteiger partial charge in [0.1, 0.15) is 6.61 Å². The van der Waals surface area contributed by atoms with Crippen molar-refractivity contribution >= 4 is 0 Å². The van der Waals surface area contributed by atoms with Crippen LogP contribution in [0.25, 0.3) is 0 Å². The number of aliphatic hydroxyl groups is 1. The van der Waals surface area contributed by atoms with Gasteiger partial charge in [0.15, 0.2) is 11.5 Å². The second-order valence-corrected chi connectivity index (χ2v) is 7.88. The van der Waals surface area contributed by atoms with E-state index in [2.05, 4.69) is 5.32 Å². The highest BCUT2D eigenvalue weighted by Gasteiger charge is 2.30. The second-order valence-electron chi connectivity index (χ2n) is 7.88. The number of rotatable bonds is 10. The number of alkyl halides is 3. The molecule has 2 atom stereocenters. The number of hydrogen-bond donors (Lipinski definition) is 2. The number of halogens is 3. The van der Waals surface area contributed by atoms with Crippen LogP contribution in [-0.2, 0) is 12.8 Å². The Bertz CT molecular complexity index is 1020. The lowest BCUT2D eigenvalue weighted by molar-refractivity contribution is -0.137. The van der Waals surface area contributed by atoms with Crippen LogP contribution >= 0.6 is 0 Å². The molecule has 0 saturated carbocycles. The molecule has 33 heavy (non-hydrogen) atoms. The molecule has 2 unspecified atom stereocenters. The van der Waals surface area contributed by atoms with E-state index < -0.39 is 17.8 Å². The molecule has 3 aromatic rings. The van der Waals surface area contributed by atoms with Crippen LogP contribution < -0.4 is 14.8 Å². The Kier molecular flexibility index (Phi) is 8.36. The molecule has 0 radical (unpaired) electrons. The molecule has 0 aromatic heterocycles. The van der Waals surface area contributed by atoms with Gasteiger partial charge in [0, 0.05) is 13.1 Å². The second kappa shape index (κ2) is 11.2. The van der Waals surface area contributed by atoms with Gasteiger partial charge in [-0.25, -0.2) is 0 Å². The van der Waals surface area contributed by atoms with Crippen LogP contribution in [0.4, 0.5) is 13.2 Å².